The van der Waals surface area contributed by atoms with Crippen LogP contribution < -0.4 is 5.32 Å². The van der Waals surface area contributed by atoms with E-state index in [1.165, 1.54) is 19.2 Å². The van der Waals surface area contributed by atoms with Crippen molar-refractivity contribution < 1.29 is 27.5 Å². The van der Waals surface area contributed by atoms with Gasteiger partial charge in [0.15, 0.2) is 0 Å². The summed E-state index contributed by atoms with van der Waals surface area (Å²) in [6, 6.07) is 10.2. The molecule has 4 nitrogen and oxygen atoms in total. The van der Waals surface area contributed by atoms with E-state index in [0.29, 0.717) is 5.56 Å². The summed E-state index contributed by atoms with van der Waals surface area (Å²) in [5.74, 6) is -1.64. The van der Waals surface area contributed by atoms with Crippen molar-refractivity contribution in [2.75, 3.05) is 12.4 Å². The van der Waals surface area contributed by atoms with Gasteiger partial charge in [-0.25, -0.2) is 4.79 Å². The number of benzene rings is 2. The molecule has 8 heteroatoms. The Hall–Kier alpha value is -3.13. The molecule has 1 aromatic heterocycles. The maximum absolute atomic E-state index is 13.3. The van der Waals surface area contributed by atoms with Gasteiger partial charge in [0.25, 0.3) is 5.91 Å². The summed E-state index contributed by atoms with van der Waals surface area (Å²) in [5, 5.41) is 4.26. The summed E-state index contributed by atoms with van der Waals surface area (Å²) in [6.45, 7) is 3.79. The molecule has 0 spiro atoms. The number of carbonyl (C=O) groups is 2. The number of halogens is 3. The van der Waals surface area contributed by atoms with Crippen LogP contribution in [0.2, 0.25) is 0 Å². The smallest absolute Gasteiger partial charge is 0.417 e. The summed E-state index contributed by atoms with van der Waals surface area (Å²) in [6.07, 6.45) is -4.68. The predicted octanol–water partition coefficient (Wildman–Crippen LogP) is 6.09. The first kappa shape index (κ1) is 21.6. The minimum atomic E-state index is -4.68. The van der Waals surface area contributed by atoms with E-state index in [0.717, 1.165) is 40.2 Å². The number of esters is 1. The molecule has 0 bridgehead atoms. The molecular weight excluding hydrogens is 415 g/mol. The number of ether oxygens (including phenoxy) is 1. The van der Waals surface area contributed by atoms with Gasteiger partial charge in [-0.2, -0.15) is 13.2 Å². The molecule has 0 radical (unpaired) electrons. The van der Waals surface area contributed by atoms with Crippen LogP contribution >= 0.6 is 11.3 Å². The molecule has 1 heterocycles. The van der Waals surface area contributed by atoms with Crippen LogP contribution in [-0.2, 0) is 10.9 Å². The van der Waals surface area contributed by atoms with Crippen LogP contribution in [0.15, 0.2) is 47.8 Å². The highest BCUT2D eigenvalue weighted by atomic mass is 32.1. The highest BCUT2D eigenvalue weighted by Crippen LogP contribution is 2.39. The minimum Gasteiger partial charge on any atom is -0.465 e. The maximum atomic E-state index is 13.3. The molecule has 0 aliphatic carbocycles. The molecule has 0 aliphatic heterocycles. The van der Waals surface area contributed by atoms with E-state index in [9.17, 15) is 22.8 Å². The second kappa shape index (κ2) is 8.31. The normalized spacial score (nSPS) is 11.3. The molecule has 1 N–H and O–H groups in total. The summed E-state index contributed by atoms with van der Waals surface area (Å²) in [5.41, 5.74) is 1.74. The molecular formula is C22H18F3NO3S. The number of hydrogen-bond acceptors (Lipinski definition) is 4. The Kier molecular flexibility index (Phi) is 5.98. The van der Waals surface area contributed by atoms with E-state index < -0.39 is 29.2 Å². The lowest BCUT2D eigenvalue weighted by atomic mass is 9.97. The summed E-state index contributed by atoms with van der Waals surface area (Å²) in [4.78, 5) is 25.1. The number of nitrogens with one attached hydrogen (secondary N) is 1. The Morgan fingerprint density at radius 3 is 2.40 bits per heavy atom. The van der Waals surface area contributed by atoms with Crippen LogP contribution in [0.1, 0.15) is 37.4 Å². The quantitative estimate of drug-likeness (QED) is 0.507. The first-order valence-electron chi connectivity index (χ1n) is 8.88. The number of carbonyl (C=O) groups excluding carboxylic acids is 2. The van der Waals surface area contributed by atoms with E-state index in [2.05, 4.69) is 5.32 Å². The molecule has 2 aromatic carbocycles. The Morgan fingerprint density at radius 1 is 1.03 bits per heavy atom. The van der Waals surface area contributed by atoms with Gasteiger partial charge in [-0.3, -0.25) is 4.79 Å². The van der Waals surface area contributed by atoms with Crippen molar-refractivity contribution in [3.8, 4) is 11.1 Å². The number of aryl methyl sites for hydroxylation is 2. The first-order chi connectivity index (χ1) is 14.1. The molecule has 0 aliphatic rings. The highest BCUT2D eigenvalue weighted by Gasteiger charge is 2.35. The lowest BCUT2D eigenvalue weighted by Crippen LogP contribution is -2.19. The van der Waals surface area contributed by atoms with Gasteiger partial charge in [-0.15, -0.1) is 11.3 Å². The van der Waals surface area contributed by atoms with Crippen molar-refractivity contribution in [1.29, 1.82) is 0 Å². The van der Waals surface area contributed by atoms with E-state index in [1.807, 2.05) is 32.0 Å². The number of amides is 1. The Morgan fingerprint density at radius 2 is 1.73 bits per heavy atom. The van der Waals surface area contributed by atoms with Gasteiger partial charge in [0.05, 0.1) is 18.2 Å². The van der Waals surface area contributed by atoms with Crippen LogP contribution in [-0.4, -0.2) is 19.0 Å². The zero-order valence-corrected chi connectivity index (χ0v) is 17.2. The van der Waals surface area contributed by atoms with E-state index >= 15 is 0 Å². The largest absolute Gasteiger partial charge is 0.465 e. The number of rotatable bonds is 4. The molecule has 0 unspecified atom stereocenters. The Balaban J connectivity index is 2.06. The standard InChI is InChI=1S/C22H18F3NO3S/c1-12-8-9-13(2)15(10-12)16-11-30-20(18(16)21(28)29-3)26-19(27)14-6-4-5-7-17(14)22(23,24)25/h4-11H,1-3H3,(H,26,27). The molecule has 0 saturated carbocycles. The summed E-state index contributed by atoms with van der Waals surface area (Å²) >= 11 is 1.05. The molecule has 0 fully saturated rings. The maximum Gasteiger partial charge on any atom is 0.417 e. The van der Waals surface area contributed by atoms with Crippen LogP contribution in [0.5, 0.6) is 0 Å². The SMILES string of the molecule is COC(=O)c1c(-c2cc(C)ccc2C)csc1NC(=O)c1ccccc1C(F)(F)F. The molecule has 3 aromatic rings. The van der Waals surface area contributed by atoms with Crippen molar-refractivity contribution in [3.05, 3.63) is 75.7 Å². The first-order valence-corrected chi connectivity index (χ1v) is 9.76. The van der Waals surface area contributed by atoms with Crippen LogP contribution in [0.3, 0.4) is 0 Å². The van der Waals surface area contributed by atoms with Gasteiger partial charge in [0.1, 0.15) is 10.6 Å². The van der Waals surface area contributed by atoms with Crippen LogP contribution in [0.25, 0.3) is 11.1 Å². The van der Waals surface area contributed by atoms with Gasteiger partial charge in [-0.05, 0) is 37.1 Å². The third-order valence-corrected chi connectivity index (χ3v) is 5.46. The zero-order chi connectivity index (χ0) is 22.1. The van der Waals surface area contributed by atoms with E-state index in [4.69, 9.17) is 4.74 Å². The molecule has 30 heavy (non-hydrogen) atoms. The van der Waals surface area contributed by atoms with Gasteiger partial charge < -0.3 is 10.1 Å². The van der Waals surface area contributed by atoms with Crippen molar-refractivity contribution in [2.45, 2.75) is 20.0 Å². The lowest BCUT2D eigenvalue weighted by Gasteiger charge is -2.13. The zero-order valence-electron chi connectivity index (χ0n) is 16.4. The van der Waals surface area contributed by atoms with Gasteiger partial charge in [-0.1, -0.05) is 35.9 Å². The van der Waals surface area contributed by atoms with Gasteiger partial charge >= 0.3 is 12.1 Å². The molecule has 1 amide bonds. The number of hydrogen-bond donors (Lipinski definition) is 1. The molecule has 3 rings (SSSR count). The average molecular weight is 433 g/mol. The fourth-order valence-corrected chi connectivity index (χ4v) is 4.02. The Bertz CT molecular complexity index is 1120. The highest BCUT2D eigenvalue weighted by molar-refractivity contribution is 7.15. The fourth-order valence-electron chi connectivity index (χ4n) is 3.08. The number of methoxy groups -OCH3 is 1. The monoisotopic (exact) mass is 433 g/mol. The number of anilines is 1. The topological polar surface area (TPSA) is 55.4 Å². The average Bonchev–Trinajstić information content (AvgIpc) is 3.11. The molecule has 156 valence electrons. The van der Waals surface area contributed by atoms with Gasteiger partial charge in [0, 0.05) is 10.9 Å². The summed E-state index contributed by atoms with van der Waals surface area (Å²) < 4.78 is 44.7. The third kappa shape index (κ3) is 4.23. The third-order valence-electron chi connectivity index (χ3n) is 4.57. The fraction of sp³-hybridized carbons (Fsp3) is 0.182. The van der Waals surface area contributed by atoms with E-state index in [1.54, 1.807) is 5.38 Å². The predicted molar refractivity (Wildman–Crippen MR) is 110 cm³/mol. The van der Waals surface area contributed by atoms with Crippen molar-refractivity contribution in [2.24, 2.45) is 0 Å². The van der Waals surface area contributed by atoms with Crippen molar-refractivity contribution >= 4 is 28.2 Å². The van der Waals surface area contributed by atoms with Crippen LogP contribution in [0, 0.1) is 13.8 Å². The molecule has 0 atom stereocenters. The van der Waals surface area contributed by atoms with Crippen LogP contribution in [0.4, 0.5) is 18.2 Å². The van der Waals surface area contributed by atoms with Gasteiger partial charge in [0.2, 0.25) is 0 Å². The number of alkyl halides is 3. The summed E-state index contributed by atoms with van der Waals surface area (Å²) in [7, 11) is 1.21. The minimum absolute atomic E-state index is 0.106. The number of thiophene rings is 1. The second-order valence-electron chi connectivity index (χ2n) is 6.66. The molecule has 0 saturated heterocycles. The van der Waals surface area contributed by atoms with Crippen molar-refractivity contribution in [1.82, 2.24) is 0 Å². The van der Waals surface area contributed by atoms with E-state index in [-0.39, 0.29) is 10.6 Å². The van der Waals surface area contributed by atoms with Crippen molar-refractivity contribution in [3.63, 3.8) is 0 Å². The second-order valence-corrected chi connectivity index (χ2v) is 7.54. The Labute approximate surface area is 175 Å². The lowest BCUT2D eigenvalue weighted by molar-refractivity contribution is -0.137.